The fourth-order valence-electron chi connectivity index (χ4n) is 2.62. The van der Waals surface area contributed by atoms with E-state index in [4.69, 9.17) is 21.1 Å². The Hall–Kier alpha value is -1.26. The van der Waals surface area contributed by atoms with Crippen LogP contribution in [0.1, 0.15) is 12.0 Å². The molecule has 1 aromatic carbocycles. The van der Waals surface area contributed by atoms with Gasteiger partial charge in [0.25, 0.3) is 0 Å². The van der Waals surface area contributed by atoms with Crippen molar-refractivity contribution in [2.24, 2.45) is 10.9 Å². The maximum absolute atomic E-state index is 11.8. The van der Waals surface area contributed by atoms with Crippen LogP contribution in [-0.4, -0.2) is 70.8 Å². The van der Waals surface area contributed by atoms with E-state index in [1.54, 1.807) is 27.3 Å². The van der Waals surface area contributed by atoms with E-state index in [1.165, 1.54) is 4.90 Å². The van der Waals surface area contributed by atoms with Gasteiger partial charge in [-0.2, -0.15) is 0 Å². The number of guanidine groups is 1. The average molecular weight is 525 g/mol. The van der Waals surface area contributed by atoms with E-state index in [0.717, 1.165) is 43.9 Å². The van der Waals surface area contributed by atoms with Gasteiger partial charge in [-0.25, -0.2) is 4.99 Å². The van der Waals surface area contributed by atoms with E-state index < -0.39 is 0 Å². The van der Waals surface area contributed by atoms with Gasteiger partial charge in [0, 0.05) is 44.7 Å². The van der Waals surface area contributed by atoms with Gasteiger partial charge in [0.2, 0.25) is 5.91 Å². The molecule has 1 amide bonds. The fourth-order valence-corrected chi connectivity index (χ4v) is 2.89. The van der Waals surface area contributed by atoms with Crippen molar-refractivity contribution in [3.05, 3.63) is 28.8 Å². The number of ether oxygens (including phenoxy) is 2. The van der Waals surface area contributed by atoms with E-state index in [-0.39, 0.29) is 36.4 Å². The molecule has 1 saturated heterocycles. The minimum atomic E-state index is -0.0431. The van der Waals surface area contributed by atoms with Crippen molar-refractivity contribution < 1.29 is 14.3 Å². The highest BCUT2D eigenvalue weighted by Crippen LogP contribution is 2.22. The molecule has 1 aromatic rings. The lowest BCUT2D eigenvalue weighted by Gasteiger charge is -2.16. The summed E-state index contributed by atoms with van der Waals surface area (Å²) in [4.78, 5) is 17.7. The Balaban J connectivity index is 0.00000392. The monoisotopic (exact) mass is 524 g/mol. The number of nitrogens with one attached hydrogen (secondary N) is 2. The van der Waals surface area contributed by atoms with Crippen LogP contribution in [0.3, 0.4) is 0 Å². The number of nitrogens with zero attached hydrogens (tertiary/aromatic N) is 2. The van der Waals surface area contributed by atoms with E-state index >= 15 is 0 Å². The molecule has 0 aliphatic carbocycles. The Kier molecular flexibility index (Phi) is 11.6. The van der Waals surface area contributed by atoms with Gasteiger partial charge in [0.05, 0.1) is 13.7 Å². The van der Waals surface area contributed by atoms with Crippen molar-refractivity contribution in [1.29, 1.82) is 0 Å². The summed E-state index contributed by atoms with van der Waals surface area (Å²) >= 11 is 6.29. The number of carbonyl (C=O) groups is 1. The van der Waals surface area contributed by atoms with Crippen LogP contribution in [0.4, 0.5) is 0 Å². The molecule has 1 aliphatic heterocycles. The fraction of sp³-hybridized carbons (Fsp3) is 0.579. The third-order valence-corrected chi connectivity index (χ3v) is 4.75. The molecule has 9 heteroatoms. The van der Waals surface area contributed by atoms with Crippen LogP contribution in [0.2, 0.25) is 5.02 Å². The second kappa shape index (κ2) is 13.1. The van der Waals surface area contributed by atoms with Crippen LogP contribution >= 0.6 is 35.6 Å². The van der Waals surface area contributed by atoms with E-state index in [0.29, 0.717) is 23.4 Å². The predicted molar refractivity (Wildman–Crippen MR) is 123 cm³/mol. The highest BCUT2D eigenvalue weighted by atomic mass is 127. The first-order chi connectivity index (χ1) is 13.0. The molecular formula is C19H30ClIN4O3. The first kappa shape index (κ1) is 24.8. The predicted octanol–water partition coefficient (Wildman–Crippen LogP) is 2.17. The summed E-state index contributed by atoms with van der Waals surface area (Å²) in [6.45, 7) is 3.09. The normalized spacial score (nSPS) is 16.3. The number of halogens is 2. The molecule has 1 fully saturated rings. The van der Waals surface area contributed by atoms with Gasteiger partial charge >= 0.3 is 0 Å². The largest absolute Gasteiger partial charge is 0.497 e. The molecule has 0 bridgehead atoms. The topological polar surface area (TPSA) is 75.2 Å². The van der Waals surface area contributed by atoms with Crippen molar-refractivity contribution in [2.45, 2.75) is 12.8 Å². The molecule has 1 atom stereocenters. The number of aliphatic imine (C=N–C) groups is 1. The molecule has 0 saturated carbocycles. The highest BCUT2D eigenvalue weighted by Gasteiger charge is 2.16. The zero-order valence-electron chi connectivity index (χ0n) is 16.7. The Morgan fingerprint density at radius 1 is 1.39 bits per heavy atom. The molecule has 1 heterocycles. The third-order valence-electron chi connectivity index (χ3n) is 4.40. The number of likely N-dealkylation sites (N-methyl/N-ethyl adjacent to an activating group) is 1. The van der Waals surface area contributed by atoms with Crippen LogP contribution in [0, 0.1) is 5.92 Å². The van der Waals surface area contributed by atoms with Gasteiger partial charge in [-0.3, -0.25) is 4.79 Å². The first-order valence-electron chi connectivity index (χ1n) is 9.12. The average Bonchev–Trinajstić information content (AvgIpc) is 3.17. The second-order valence-corrected chi connectivity index (χ2v) is 7.10. The Morgan fingerprint density at radius 2 is 2.18 bits per heavy atom. The minimum absolute atomic E-state index is 0. The van der Waals surface area contributed by atoms with Crippen molar-refractivity contribution >= 4 is 47.4 Å². The lowest BCUT2D eigenvalue weighted by Crippen LogP contribution is -2.41. The molecule has 158 valence electrons. The number of hydrogen-bond acceptors (Lipinski definition) is 4. The van der Waals surface area contributed by atoms with Gasteiger partial charge in [-0.05, 0) is 30.5 Å². The number of methoxy groups -OCH3 is 1. The molecule has 0 aromatic heterocycles. The van der Waals surface area contributed by atoms with Crippen LogP contribution in [-0.2, 0) is 16.0 Å². The summed E-state index contributed by atoms with van der Waals surface area (Å²) < 4.78 is 10.6. The summed E-state index contributed by atoms with van der Waals surface area (Å²) in [6.07, 6.45) is 1.77. The highest BCUT2D eigenvalue weighted by molar-refractivity contribution is 14.0. The number of amides is 1. The first-order valence-corrected chi connectivity index (χ1v) is 9.50. The summed E-state index contributed by atoms with van der Waals surface area (Å²) in [5, 5.41) is 7.26. The lowest BCUT2D eigenvalue weighted by atomic mass is 10.1. The molecule has 2 rings (SSSR count). The standard InChI is InChI=1S/C19H29ClN4O3.HI/c1-24(2)18(25)12-23-19(22-11-14-7-9-27-13-14)21-8-6-15-4-5-16(26-3)10-17(15)20;/h4-5,10,14H,6-9,11-13H2,1-3H3,(H2,21,22,23);1H. The molecule has 1 aliphatic rings. The van der Waals surface area contributed by atoms with Gasteiger partial charge in [-0.1, -0.05) is 17.7 Å². The van der Waals surface area contributed by atoms with Crippen LogP contribution < -0.4 is 15.4 Å². The van der Waals surface area contributed by atoms with E-state index in [1.807, 2.05) is 12.1 Å². The summed E-state index contributed by atoms with van der Waals surface area (Å²) in [5.74, 6) is 1.79. The Bertz CT molecular complexity index is 652. The zero-order valence-corrected chi connectivity index (χ0v) is 19.8. The van der Waals surface area contributed by atoms with Crippen molar-refractivity contribution in [1.82, 2.24) is 15.5 Å². The number of benzene rings is 1. The maximum Gasteiger partial charge on any atom is 0.243 e. The molecule has 0 spiro atoms. The molecule has 7 nitrogen and oxygen atoms in total. The van der Waals surface area contributed by atoms with Crippen LogP contribution in [0.25, 0.3) is 0 Å². The van der Waals surface area contributed by atoms with Crippen molar-refractivity contribution in [2.75, 3.05) is 54.1 Å². The Labute approximate surface area is 189 Å². The van der Waals surface area contributed by atoms with Crippen molar-refractivity contribution in [3.63, 3.8) is 0 Å². The Morgan fingerprint density at radius 3 is 2.79 bits per heavy atom. The summed E-state index contributed by atoms with van der Waals surface area (Å²) in [6, 6.07) is 5.66. The SMILES string of the molecule is COc1ccc(CCNC(=NCC(=O)N(C)C)NCC2CCOC2)c(Cl)c1.I. The quantitative estimate of drug-likeness (QED) is 0.310. The third kappa shape index (κ3) is 8.40. The maximum atomic E-state index is 11.8. The van der Waals surface area contributed by atoms with E-state index in [2.05, 4.69) is 15.6 Å². The van der Waals surface area contributed by atoms with Gasteiger partial charge in [-0.15, -0.1) is 24.0 Å². The van der Waals surface area contributed by atoms with Crippen LogP contribution in [0.15, 0.2) is 23.2 Å². The minimum Gasteiger partial charge on any atom is -0.497 e. The second-order valence-electron chi connectivity index (χ2n) is 6.70. The molecular weight excluding hydrogens is 495 g/mol. The molecule has 1 unspecified atom stereocenters. The van der Waals surface area contributed by atoms with Gasteiger partial charge in [0.15, 0.2) is 5.96 Å². The van der Waals surface area contributed by atoms with Crippen LogP contribution in [0.5, 0.6) is 5.75 Å². The van der Waals surface area contributed by atoms with E-state index in [9.17, 15) is 4.79 Å². The van der Waals surface area contributed by atoms with Gasteiger partial charge < -0.3 is 25.0 Å². The molecule has 28 heavy (non-hydrogen) atoms. The lowest BCUT2D eigenvalue weighted by molar-refractivity contribution is -0.127. The summed E-state index contributed by atoms with van der Waals surface area (Å²) in [7, 11) is 5.06. The number of hydrogen-bond donors (Lipinski definition) is 2. The van der Waals surface area contributed by atoms with Gasteiger partial charge in [0.1, 0.15) is 12.3 Å². The number of carbonyl (C=O) groups excluding carboxylic acids is 1. The van der Waals surface area contributed by atoms with Crippen molar-refractivity contribution in [3.8, 4) is 5.75 Å². The smallest absolute Gasteiger partial charge is 0.243 e. The molecule has 2 N–H and O–H groups in total. The zero-order chi connectivity index (χ0) is 19.6. The molecule has 0 radical (unpaired) electrons. The number of rotatable bonds is 8. The summed E-state index contributed by atoms with van der Waals surface area (Å²) in [5.41, 5.74) is 1.03.